The summed E-state index contributed by atoms with van der Waals surface area (Å²) in [4.78, 5) is 12.4. The van der Waals surface area contributed by atoms with Gasteiger partial charge in [0.2, 0.25) is 0 Å². The molecule has 19 heavy (non-hydrogen) atoms. The van der Waals surface area contributed by atoms with Crippen molar-refractivity contribution < 1.29 is 9.53 Å². The third kappa shape index (κ3) is 4.06. The van der Waals surface area contributed by atoms with Crippen LogP contribution in [0.2, 0.25) is 0 Å². The quantitative estimate of drug-likeness (QED) is 0.845. The molecule has 0 saturated heterocycles. The smallest absolute Gasteiger partial charge is 0.251 e. The third-order valence-corrected chi connectivity index (χ3v) is 3.75. The van der Waals surface area contributed by atoms with Gasteiger partial charge >= 0.3 is 0 Å². The summed E-state index contributed by atoms with van der Waals surface area (Å²) in [7, 11) is 1.65. The van der Waals surface area contributed by atoms with E-state index in [0.29, 0.717) is 12.6 Å². The van der Waals surface area contributed by atoms with E-state index in [1.54, 1.807) is 7.11 Å². The third-order valence-electron chi connectivity index (χ3n) is 3.75. The number of ether oxygens (including phenoxy) is 1. The maximum Gasteiger partial charge on any atom is 0.251 e. The van der Waals surface area contributed by atoms with Gasteiger partial charge in [0.1, 0.15) is 0 Å². The van der Waals surface area contributed by atoms with Crippen molar-refractivity contribution in [2.24, 2.45) is 0 Å². The Bertz CT molecular complexity index is 409. The molecule has 0 heterocycles. The van der Waals surface area contributed by atoms with Gasteiger partial charge < -0.3 is 10.1 Å². The first kappa shape index (κ1) is 14.1. The molecule has 3 nitrogen and oxygen atoms in total. The number of benzene rings is 1. The molecule has 1 amide bonds. The van der Waals surface area contributed by atoms with Crippen molar-refractivity contribution in [3.63, 3.8) is 0 Å². The molecule has 0 radical (unpaired) electrons. The molecule has 1 N–H and O–H groups in total. The second kappa shape index (κ2) is 7.29. The average molecular weight is 261 g/mol. The molecule has 0 bridgehead atoms. The van der Waals surface area contributed by atoms with Crippen LogP contribution in [0.3, 0.4) is 0 Å². The molecule has 3 heteroatoms. The highest BCUT2D eigenvalue weighted by atomic mass is 16.5. The van der Waals surface area contributed by atoms with Crippen LogP contribution >= 0.6 is 0 Å². The van der Waals surface area contributed by atoms with Crippen molar-refractivity contribution in [1.29, 1.82) is 0 Å². The first-order valence-electron chi connectivity index (χ1n) is 7.19. The molecular weight excluding hydrogens is 238 g/mol. The molecule has 1 aliphatic carbocycles. The zero-order valence-corrected chi connectivity index (χ0v) is 11.7. The minimum atomic E-state index is 0.0413. The lowest BCUT2D eigenvalue weighted by Gasteiger charge is -2.17. The number of hydrogen-bond donors (Lipinski definition) is 1. The van der Waals surface area contributed by atoms with Crippen molar-refractivity contribution in [2.75, 3.05) is 7.11 Å². The van der Waals surface area contributed by atoms with Crippen LogP contribution < -0.4 is 5.32 Å². The van der Waals surface area contributed by atoms with E-state index in [1.165, 1.54) is 25.7 Å². The van der Waals surface area contributed by atoms with Gasteiger partial charge in [-0.3, -0.25) is 4.79 Å². The molecule has 2 rings (SSSR count). The van der Waals surface area contributed by atoms with Gasteiger partial charge in [-0.05, 0) is 24.5 Å². The highest BCUT2D eigenvalue weighted by Crippen LogP contribution is 2.18. The maximum absolute atomic E-state index is 12.4. The van der Waals surface area contributed by atoms with Crippen LogP contribution in [-0.4, -0.2) is 19.1 Å². The van der Waals surface area contributed by atoms with E-state index >= 15 is 0 Å². The summed E-state index contributed by atoms with van der Waals surface area (Å²) in [5, 5.41) is 3.18. The summed E-state index contributed by atoms with van der Waals surface area (Å²) in [6.45, 7) is 0.480. The normalized spacial score (nSPS) is 16.9. The van der Waals surface area contributed by atoms with Crippen molar-refractivity contribution in [3.05, 3.63) is 35.4 Å². The highest BCUT2D eigenvalue weighted by molar-refractivity contribution is 5.95. The van der Waals surface area contributed by atoms with Crippen molar-refractivity contribution in [1.82, 2.24) is 5.32 Å². The SMILES string of the molecule is COCc1ccccc1C(=O)NC1CCCCCC1. The average Bonchev–Trinajstić information content (AvgIpc) is 2.68. The molecule has 104 valence electrons. The Hall–Kier alpha value is -1.35. The molecule has 0 spiro atoms. The van der Waals surface area contributed by atoms with Crippen molar-refractivity contribution >= 4 is 5.91 Å². The van der Waals surface area contributed by atoms with Crippen LogP contribution in [-0.2, 0) is 11.3 Å². The van der Waals surface area contributed by atoms with E-state index in [1.807, 2.05) is 24.3 Å². The molecule has 1 fully saturated rings. The van der Waals surface area contributed by atoms with Gasteiger partial charge in [0.25, 0.3) is 5.91 Å². The van der Waals surface area contributed by atoms with Gasteiger partial charge in [0.15, 0.2) is 0 Å². The molecule has 1 aromatic carbocycles. The first-order valence-corrected chi connectivity index (χ1v) is 7.19. The standard InChI is InChI=1S/C16H23NO2/c1-19-12-13-8-6-7-11-15(13)16(18)17-14-9-4-2-3-5-10-14/h6-8,11,14H,2-5,9-10,12H2,1H3,(H,17,18). The Kier molecular flexibility index (Phi) is 5.40. The minimum absolute atomic E-state index is 0.0413. The Morgan fingerprint density at radius 2 is 1.89 bits per heavy atom. The van der Waals surface area contributed by atoms with Crippen LogP contribution in [0.1, 0.15) is 54.4 Å². The van der Waals surface area contributed by atoms with E-state index in [4.69, 9.17) is 4.74 Å². The van der Waals surface area contributed by atoms with E-state index in [2.05, 4.69) is 5.32 Å². The number of methoxy groups -OCH3 is 1. The van der Waals surface area contributed by atoms with E-state index < -0.39 is 0 Å². The number of rotatable bonds is 4. The summed E-state index contributed by atoms with van der Waals surface area (Å²) in [5.41, 5.74) is 1.70. The second-order valence-electron chi connectivity index (χ2n) is 5.25. The number of carbonyl (C=O) groups excluding carboxylic acids is 1. The summed E-state index contributed by atoms with van der Waals surface area (Å²) >= 11 is 0. The lowest BCUT2D eigenvalue weighted by atomic mass is 10.1. The molecule has 1 aliphatic rings. The van der Waals surface area contributed by atoms with Crippen LogP contribution in [0, 0.1) is 0 Å². The van der Waals surface area contributed by atoms with Crippen LogP contribution in [0.25, 0.3) is 0 Å². The fourth-order valence-electron chi connectivity index (χ4n) is 2.71. The zero-order chi connectivity index (χ0) is 13.5. The number of amides is 1. The van der Waals surface area contributed by atoms with Gasteiger partial charge in [-0.2, -0.15) is 0 Å². The van der Waals surface area contributed by atoms with Crippen LogP contribution in [0.5, 0.6) is 0 Å². The monoisotopic (exact) mass is 261 g/mol. The summed E-state index contributed by atoms with van der Waals surface area (Å²) in [6, 6.07) is 8.01. The molecule has 1 aromatic rings. The van der Waals surface area contributed by atoms with Crippen LogP contribution in [0.15, 0.2) is 24.3 Å². The predicted octanol–water partition coefficient (Wildman–Crippen LogP) is 3.29. The zero-order valence-electron chi connectivity index (χ0n) is 11.7. The summed E-state index contributed by atoms with van der Waals surface area (Å²) in [5.74, 6) is 0.0413. The molecular formula is C16H23NO2. The fraction of sp³-hybridized carbons (Fsp3) is 0.562. The lowest BCUT2D eigenvalue weighted by Crippen LogP contribution is -2.34. The van der Waals surface area contributed by atoms with Gasteiger partial charge in [0, 0.05) is 18.7 Å². The van der Waals surface area contributed by atoms with Gasteiger partial charge in [-0.25, -0.2) is 0 Å². The fourth-order valence-corrected chi connectivity index (χ4v) is 2.71. The van der Waals surface area contributed by atoms with Crippen molar-refractivity contribution in [2.45, 2.75) is 51.2 Å². The predicted molar refractivity (Wildman–Crippen MR) is 76.1 cm³/mol. The highest BCUT2D eigenvalue weighted by Gasteiger charge is 2.17. The number of nitrogens with one attached hydrogen (secondary N) is 1. The first-order chi connectivity index (χ1) is 9.31. The molecule has 0 aliphatic heterocycles. The van der Waals surface area contributed by atoms with Crippen LogP contribution in [0.4, 0.5) is 0 Å². The maximum atomic E-state index is 12.4. The second-order valence-corrected chi connectivity index (χ2v) is 5.25. The largest absolute Gasteiger partial charge is 0.380 e. The van der Waals surface area contributed by atoms with Crippen molar-refractivity contribution in [3.8, 4) is 0 Å². The summed E-state index contributed by atoms with van der Waals surface area (Å²) < 4.78 is 5.15. The van der Waals surface area contributed by atoms with E-state index in [9.17, 15) is 4.79 Å². The summed E-state index contributed by atoms with van der Waals surface area (Å²) in [6.07, 6.45) is 7.27. The number of carbonyl (C=O) groups is 1. The Morgan fingerprint density at radius 1 is 1.21 bits per heavy atom. The van der Waals surface area contributed by atoms with E-state index in [0.717, 1.165) is 24.0 Å². The number of hydrogen-bond acceptors (Lipinski definition) is 2. The molecule has 0 atom stereocenters. The molecule has 0 aromatic heterocycles. The topological polar surface area (TPSA) is 38.3 Å². The molecule has 0 unspecified atom stereocenters. The Labute approximate surface area is 115 Å². The molecule has 1 saturated carbocycles. The van der Waals surface area contributed by atoms with Gasteiger partial charge in [-0.15, -0.1) is 0 Å². The minimum Gasteiger partial charge on any atom is -0.380 e. The Morgan fingerprint density at radius 3 is 2.58 bits per heavy atom. The Balaban J connectivity index is 2.02. The van der Waals surface area contributed by atoms with Gasteiger partial charge in [0.05, 0.1) is 6.61 Å². The van der Waals surface area contributed by atoms with E-state index in [-0.39, 0.29) is 5.91 Å². The lowest BCUT2D eigenvalue weighted by molar-refractivity contribution is 0.0928. The van der Waals surface area contributed by atoms with Gasteiger partial charge in [-0.1, -0.05) is 43.9 Å².